The number of benzene rings is 3. The van der Waals surface area contributed by atoms with E-state index in [9.17, 15) is 4.79 Å². The predicted octanol–water partition coefficient (Wildman–Crippen LogP) is 5.59. The van der Waals surface area contributed by atoms with E-state index < -0.39 is 0 Å². The zero-order chi connectivity index (χ0) is 20.2. The predicted molar refractivity (Wildman–Crippen MR) is 112 cm³/mol. The van der Waals surface area contributed by atoms with Gasteiger partial charge in [-0.15, -0.1) is 0 Å². The van der Waals surface area contributed by atoms with E-state index in [0.717, 1.165) is 22.4 Å². The van der Waals surface area contributed by atoms with Crippen molar-refractivity contribution in [2.75, 3.05) is 6.61 Å². The van der Waals surface area contributed by atoms with E-state index in [2.05, 4.69) is 0 Å². The quantitative estimate of drug-likeness (QED) is 0.518. The number of carbonyl (C=O) groups excluding carboxylic acids is 1. The molecule has 0 aromatic heterocycles. The molecule has 0 amide bonds. The molecule has 1 heterocycles. The van der Waals surface area contributed by atoms with E-state index in [0.29, 0.717) is 36.0 Å². The largest absolute Gasteiger partial charge is 0.494 e. The van der Waals surface area contributed by atoms with Crippen LogP contribution in [0.5, 0.6) is 17.2 Å². The van der Waals surface area contributed by atoms with Crippen LogP contribution in [-0.4, -0.2) is 12.4 Å². The molecule has 3 aromatic rings. The van der Waals surface area contributed by atoms with E-state index in [-0.39, 0.29) is 5.78 Å². The molecule has 0 radical (unpaired) electrons. The Morgan fingerprint density at radius 2 is 1.69 bits per heavy atom. The van der Waals surface area contributed by atoms with Gasteiger partial charge in [0, 0.05) is 6.07 Å². The molecule has 1 aliphatic heterocycles. The molecule has 0 fully saturated rings. The minimum Gasteiger partial charge on any atom is -0.494 e. The van der Waals surface area contributed by atoms with Crippen LogP contribution in [0.25, 0.3) is 6.08 Å². The second kappa shape index (κ2) is 8.23. The third-order valence-electron chi connectivity index (χ3n) is 4.68. The van der Waals surface area contributed by atoms with Crippen molar-refractivity contribution in [3.63, 3.8) is 0 Å². The van der Waals surface area contributed by atoms with Gasteiger partial charge in [-0.25, -0.2) is 0 Å². The number of rotatable bonds is 6. The van der Waals surface area contributed by atoms with Crippen LogP contribution in [0.4, 0.5) is 0 Å². The van der Waals surface area contributed by atoms with Crippen molar-refractivity contribution >= 4 is 11.9 Å². The number of ether oxygens (including phenoxy) is 3. The molecule has 0 unspecified atom stereocenters. The summed E-state index contributed by atoms with van der Waals surface area (Å²) in [6.45, 7) is 4.92. The standard InChI is InChI=1S/C25H22O4/c1-3-27-20-11-9-18(10-12-20)14-23-25(26)24-17(2)13-21(15-22(24)29-23)28-16-19-7-5-4-6-8-19/h4-15H,3,16H2,1-2H3/b23-14-. The summed E-state index contributed by atoms with van der Waals surface area (Å²) in [5, 5.41) is 0. The molecule has 0 aliphatic carbocycles. The molecule has 0 atom stereocenters. The SMILES string of the molecule is CCOc1ccc(/C=C2\Oc3cc(OCc4ccccc4)cc(C)c3C2=O)cc1. The van der Waals surface area contributed by atoms with E-state index in [4.69, 9.17) is 14.2 Å². The van der Waals surface area contributed by atoms with Crippen molar-refractivity contribution in [3.05, 3.63) is 94.7 Å². The summed E-state index contributed by atoms with van der Waals surface area (Å²) in [5.41, 5.74) is 3.39. The van der Waals surface area contributed by atoms with Crippen LogP contribution in [0.3, 0.4) is 0 Å². The smallest absolute Gasteiger partial charge is 0.232 e. The highest BCUT2D eigenvalue weighted by Gasteiger charge is 2.30. The summed E-state index contributed by atoms with van der Waals surface area (Å²) in [5.74, 6) is 2.22. The highest BCUT2D eigenvalue weighted by atomic mass is 16.5. The number of ketones is 1. The normalized spacial score (nSPS) is 13.9. The highest BCUT2D eigenvalue weighted by Crippen LogP contribution is 2.37. The van der Waals surface area contributed by atoms with Gasteiger partial charge in [-0.3, -0.25) is 4.79 Å². The van der Waals surface area contributed by atoms with Crippen LogP contribution < -0.4 is 14.2 Å². The second-order valence-corrected chi connectivity index (χ2v) is 6.83. The Kier molecular flexibility index (Phi) is 5.34. The van der Waals surface area contributed by atoms with Crippen molar-refractivity contribution in [1.29, 1.82) is 0 Å². The molecule has 0 saturated carbocycles. The fourth-order valence-corrected chi connectivity index (χ4v) is 3.28. The number of hydrogen-bond acceptors (Lipinski definition) is 4. The lowest BCUT2D eigenvalue weighted by molar-refractivity contribution is 0.101. The van der Waals surface area contributed by atoms with Crippen molar-refractivity contribution in [2.24, 2.45) is 0 Å². The van der Waals surface area contributed by atoms with Gasteiger partial charge in [0.2, 0.25) is 5.78 Å². The van der Waals surface area contributed by atoms with Crippen LogP contribution in [-0.2, 0) is 6.61 Å². The molecular formula is C25H22O4. The van der Waals surface area contributed by atoms with Gasteiger partial charge in [-0.05, 0) is 54.8 Å². The first-order valence-electron chi connectivity index (χ1n) is 9.62. The zero-order valence-corrected chi connectivity index (χ0v) is 16.5. The lowest BCUT2D eigenvalue weighted by atomic mass is 10.0. The summed E-state index contributed by atoms with van der Waals surface area (Å²) in [7, 11) is 0. The molecule has 0 bridgehead atoms. The maximum Gasteiger partial charge on any atom is 0.232 e. The summed E-state index contributed by atoms with van der Waals surface area (Å²) in [6.07, 6.45) is 1.75. The Hall–Kier alpha value is -3.53. The van der Waals surface area contributed by atoms with Crippen LogP contribution in [0, 0.1) is 6.92 Å². The van der Waals surface area contributed by atoms with E-state index in [1.807, 2.05) is 74.5 Å². The summed E-state index contributed by atoms with van der Waals surface area (Å²) < 4.78 is 17.2. The first-order chi connectivity index (χ1) is 14.1. The maximum atomic E-state index is 12.8. The number of carbonyl (C=O) groups is 1. The van der Waals surface area contributed by atoms with Gasteiger partial charge >= 0.3 is 0 Å². The van der Waals surface area contributed by atoms with Gasteiger partial charge in [-0.2, -0.15) is 0 Å². The monoisotopic (exact) mass is 386 g/mol. The van der Waals surface area contributed by atoms with E-state index in [1.165, 1.54) is 0 Å². The number of hydrogen-bond donors (Lipinski definition) is 0. The minimum absolute atomic E-state index is 0.110. The lowest BCUT2D eigenvalue weighted by Crippen LogP contribution is -2.00. The Balaban J connectivity index is 1.53. The maximum absolute atomic E-state index is 12.8. The van der Waals surface area contributed by atoms with Gasteiger partial charge in [0.05, 0.1) is 12.2 Å². The molecule has 29 heavy (non-hydrogen) atoms. The average molecular weight is 386 g/mol. The number of fused-ring (bicyclic) bond motifs is 1. The van der Waals surface area contributed by atoms with Crippen molar-refractivity contribution in [3.8, 4) is 17.2 Å². The van der Waals surface area contributed by atoms with Crippen LogP contribution in [0.1, 0.15) is 34.0 Å². The minimum atomic E-state index is -0.110. The van der Waals surface area contributed by atoms with E-state index in [1.54, 1.807) is 12.1 Å². The third-order valence-corrected chi connectivity index (χ3v) is 4.68. The molecule has 1 aliphatic rings. The Labute approximate surface area is 170 Å². The number of allylic oxidation sites excluding steroid dienone is 1. The topological polar surface area (TPSA) is 44.8 Å². The molecule has 0 spiro atoms. The molecule has 4 nitrogen and oxygen atoms in total. The van der Waals surface area contributed by atoms with Crippen molar-refractivity contribution in [1.82, 2.24) is 0 Å². The van der Waals surface area contributed by atoms with Gasteiger partial charge in [0.15, 0.2) is 5.76 Å². The molecule has 146 valence electrons. The van der Waals surface area contributed by atoms with Crippen molar-refractivity contribution in [2.45, 2.75) is 20.5 Å². The molecule has 0 N–H and O–H groups in total. The van der Waals surface area contributed by atoms with Crippen molar-refractivity contribution < 1.29 is 19.0 Å². The lowest BCUT2D eigenvalue weighted by Gasteiger charge is -2.09. The molecule has 4 heteroatoms. The van der Waals surface area contributed by atoms with Crippen LogP contribution in [0.15, 0.2) is 72.5 Å². The Morgan fingerprint density at radius 1 is 0.931 bits per heavy atom. The Morgan fingerprint density at radius 3 is 2.41 bits per heavy atom. The fraction of sp³-hybridized carbons (Fsp3) is 0.160. The number of Topliss-reactive ketones (excluding diaryl/α,β-unsaturated/α-hetero) is 1. The fourth-order valence-electron chi connectivity index (χ4n) is 3.28. The van der Waals surface area contributed by atoms with Gasteiger partial charge in [0.25, 0.3) is 0 Å². The van der Waals surface area contributed by atoms with Crippen LogP contribution in [0.2, 0.25) is 0 Å². The first kappa shape index (κ1) is 18.8. The first-order valence-corrected chi connectivity index (χ1v) is 9.62. The molecule has 3 aromatic carbocycles. The summed E-state index contributed by atoms with van der Waals surface area (Å²) in [6, 6.07) is 21.2. The molecule has 0 saturated heterocycles. The Bertz CT molecular complexity index is 1050. The van der Waals surface area contributed by atoms with Crippen LogP contribution >= 0.6 is 0 Å². The van der Waals surface area contributed by atoms with Gasteiger partial charge in [-0.1, -0.05) is 42.5 Å². The van der Waals surface area contributed by atoms with Gasteiger partial charge < -0.3 is 14.2 Å². The molecule has 4 rings (SSSR count). The highest BCUT2D eigenvalue weighted by molar-refractivity contribution is 6.15. The molecular weight excluding hydrogens is 364 g/mol. The van der Waals surface area contributed by atoms with Gasteiger partial charge in [0.1, 0.15) is 23.9 Å². The zero-order valence-electron chi connectivity index (χ0n) is 16.5. The second-order valence-electron chi connectivity index (χ2n) is 6.83. The average Bonchev–Trinajstić information content (AvgIpc) is 3.04. The summed E-state index contributed by atoms with van der Waals surface area (Å²) >= 11 is 0. The summed E-state index contributed by atoms with van der Waals surface area (Å²) in [4.78, 5) is 12.8. The van der Waals surface area contributed by atoms with E-state index >= 15 is 0 Å². The number of aryl methyl sites for hydroxylation is 1. The third kappa shape index (κ3) is 4.16.